The van der Waals surface area contributed by atoms with E-state index in [1.54, 1.807) is 20.0 Å². The SMILES string of the molecule is Cc1c(C(=O)C(=O)C[C@H]2CCCC[C@@H]2O)cc(C(=O)Nc2ccc(F)c(C#N)c2)n1C. The Morgan fingerprint density at radius 1 is 1.26 bits per heavy atom. The topological polar surface area (TPSA) is 112 Å². The first-order valence-corrected chi connectivity index (χ1v) is 10.2. The van der Waals surface area contributed by atoms with Gasteiger partial charge < -0.3 is 15.0 Å². The highest BCUT2D eigenvalue weighted by Gasteiger charge is 2.30. The first kappa shape index (κ1) is 22.4. The van der Waals surface area contributed by atoms with Crippen LogP contribution in [0.25, 0.3) is 0 Å². The number of anilines is 1. The maximum Gasteiger partial charge on any atom is 0.272 e. The number of ketones is 2. The quantitative estimate of drug-likeness (QED) is 0.545. The molecule has 0 unspecified atom stereocenters. The summed E-state index contributed by atoms with van der Waals surface area (Å²) in [7, 11) is 1.60. The Kier molecular flexibility index (Phi) is 6.66. The minimum Gasteiger partial charge on any atom is -0.393 e. The Hall–Kier alpha value is -3.31. The molecule has 1 aromatic heterocycles. The van der Waals surface area contributed by atoms with Crippen LogP contribution in [0.5, 0.6) is 0 Å². The van der Waals surface area contributed by atoms with E-state index < -0.39 is 29.4 Å². The van der Waals surface area contributed by atoms with Gasteiger partial charge >= 0.3 is 0 Å². The molecule has 0 spiro atoms. The summed E-state index contributed by atoms with van der Waals surface area (Å²) >= 11 is 0. The van der Waals surface area contributed by atoms with E-state index in [1.165, 1.54) is 22.8 Å². The number of carbonyl (C=O) groups is 3. The molecular formula is C23H24FN3O4. The lowest BCUT2D eigenvalue weighted by Gasteiger charge is -2.26. The molecule has 2 aromatic rings. The summed E-state index contributed by atoms with van der Waals surface area (Å²) in [6.45, 7) is 1.64. The van der Waals surface area contributed by atoms with Crippen LogP contribution in [0.4, 0.5) is 10.1 Å². The molecule has 3 rings (SSSR count). The maximum absolute atomic E-state index is 13.5. The zero-order valence-electron chi connectivity index (χ0n) is 17.4. The summed E-state index contributed by atoms with van der Waals surface area (Å²) in [5.74, 6) is -2.73. The summed E-state index contributed by atoms with van der Waals surface area (Å²) in [5.41, 5.74) is 0.780. The van der Waals surface area contributed by atoms with Crippen molar-refractivity contribution in [2.24, 2.45) is 13.0 Å². The van der Waals surface area contributed by atoms with Crippen molar-refractivity contribution in [1.29, 1.82) is 5.26 Å². The van der Waals surface area contributed by atoms with Crippen LogP contribution >= 0.6 is 0 Å². The minimum absolute atomic E-state index is 0.0115. The number of nitrogens with one attached hydrogen (secondary N) is 1. The summed E-state index contributed by atoms with van der Waals surface area (Å²) in [6.07, 6.45) is 2.61. The van der Waals surface area contributed by atoms with Crippen LogP contribution < -0.4 is 5.32 Å². The van der Waals surface area contributed by atoms with Gasteiger partial charge in [-0.25, -0.2) is 4.39 Å². The van der Waals surface area contributed by atoms with Gasteiger partial charge in [-0.3, -0.25) is 14.4 Å². The third-order valence-electron chi connectivity index (χ3n) is 5.93. The Morgan fingerprint density at radius 3 is 2.65 bits per heavy atom. The molecule has 0 radical (unpaired) electrons. The molecule has 0 bridgehead atoms. The smallest absolute Gasteiger partial charge is 0.272 e. The van der Waals surface area contributed by atoms with E-state index in [-0.39, 0.29) is 34.8 Å². The van der Waals surface area contributed by atoms with Gasteiger partial charge in [0.1, 0.15) is 17.6 Å². The number of nitrogens with zero attached hydrogens (tertiary/aromatic N) is 2. The number of halogens is 1. The van der Waals surface area contributed by atoms with Gasteiger partial charge in [0.25, 0.3) is 5.91 Å². The zero-order chi connectivity index (χ0) is 22.7. The zero-order valence-corrected chi connectivity index (χ0v) is 17.4. The van der Waals surface area contributed by atoms with Gasteiger partial charge in [-0.2, -0.15) is 5.26 Å². The van der Waals surface area contributed by atoms with Crippen LogP contribution in [0.2, 0.25) is 0 Å². The van der Waals surface area contributed by atoms with E-state index in [4.69, 9.17) is 5.26 Å². The van der Waals surface area contributed by atoms with Crippen molar-refractivity contribution in [3.05, 3.63) is 52.6 Å². The van der Waals surface area contributed by atoms with Gasteiger partial charge in [0.15, 0.2) is 0 Å². The first-order chi connectivity index (χ1) is 14.7. The number of Topliss-reactive ketones (excluding diaryl/α,β-unsaturated/α-hetero) is 2. The molecule has 1 aromatic carbocycles. The van der Waals surface area contributed by atoms with E-state index in [0.29, 0.717) is 18.5 Å². The van der Waals surface area contributed by atoms with E-state index in [1.807, 2.05) is 0 Å². The molecule has 8 heteroatoms. The third kappa shape index (κ3) is 4.72. The van der Waals surface area contributed by atoms with E-state index in [0.717, 1.165) is 18.9 Å². The van der Waals surface area contributed by atoms with Crippen molar-refractivity contribution in [1.82, 2.24) is 4.57 Å². The number of aliphatic hydroxyl groups excluding tert-OH is 1. The number of amides is 1. The average molecular weight is 425 g/mol. The summed E-state index contributed by atoms with van der Waals surface area (Å²) in [4.78, 5) is 38.0. The average Bonchev–Trinajstić information content (AvgIpc) is 3.05. The van der Waals surface area contributed by atoms with Crippen molar-refractivity contribution in [3.8, 4) is 6.07 Å². The highest BCUT2D eigenvalue weighted by Crippen LogP contribution is 2.28. The van der Waals surface area contributed by atoms with Gasteiger partial charge in [0, 0.05) is 30.4 Å². The van der Waals surface area contributed by atoms with E-state index in [2.05, 4.69) is 5.32 Å². The molecule has 2 atom stereocenters. The lowest BCUT2D eigenvalue weighted by atomic mass is 9.82. The number of rotatable bonds is 6. The lowest BCUT2D eigenvalue weighted by molar-refractivity contribution is -0.117. The van der Waals surface area contributed by atoms with Crippen LogP contribution in [-0.4, -0.2) is 33.3 Å². The van der Waals surface area contributed by atoms with Crippen LogP contribution in [-0.2, 0) is 11.8 Å². The molecule has 1 saturated carbocycles. The summed E-state index contributed by atoms with van der Waals surface area (Å²) < 4.78 is 15.0. The molecule has 0 saturated heterocycles. The molecule has 1 amide bonds. The number of aliphatic hydroxyl groups is 1. The van der Waals surface area contributed by atoms with Gasteiger partial charge in [0.2, 0.25) is 11.6 Å². The van der Waals surface area contributed by atoms with Crippen molar-refractivity contribution in [2.45, 2.75) is 45.1 Å². The second kappa shape index (κ2) is 9.23. The molecule has 1 aliphatic carbocycles. The Morgan fingerprint density at radius 2 is 1.97 bits per heavy atom. The number of benzene rings is 1. The van der Waals surface area contributed by atoms with Gasteiger partial charge in [0.05, 0.1) is 11.7 Å². The highest BCUT2D eigenvalue weighted by molar-refractivity contribution is 6.44. The molecular weight excluding hydrogens is 401 g/mol. The van der Waals surface area contributed by atoms with E-state index in [9.17, 15) is 23.9 Å². The van der Waals surface area contributed by atoms with Crippen molar-refractivity contribution < 1.29 is 23.9 Å². The number of nitriles is 1. The second-order valence-corrected chi connectivity index (χ2v) is 7.92. The predicted molar refractivity (Wildman–Crippen MR) is 111 cm³/mol. The van der Waals surface area contributed by atoms with Gasteiger partial charge in [-0.05, 0) is 49.9 Å². The number of hydrogen-bond donors (Lipinski definition) is 2. The fourth-order valence-corrected chi connectivity index (χ4v) is 3.94. The highest BCUT2D eigenvalue weighted by atomic mass is 19.1. The van der Waals surface area contributed by atoms with Crippen molar-refractivity contribution in [3.63, 3.8) is 0 Å². The summed E-state index contributed by atoms with van der Waals surface area (Å²) in [5, 5.41) is 21.6. The van der Waals surface area contributed by atoms with Crippen LogP contribution in [0.15, 0.2) is 24.3 Å². The lowest BCUT2D eigenvalue weighted by Crippen LogP contribution is -2.29. The van der Waals surface area contributed by atoms with Crippen LogP contribution in [0.3, 0.4) is 0 Å². The molecule has 1 aliphatic rings. The monoisotopic (exact) mass is 425 g/mol. The first-order valence-electron chi connectivity index (χ1n) is 10.2. The minimum atomic E-state index is -0.690. The fourth-order valence-electron chi connectivity index (χ4n) is 3.94. The predicted octanol–water partition coefficient (Wildman–Crippen LogP) is 3.29. The number of carbonyl (C=O) groups excluding carboxylic acids is 3. The molecule has 31 heavy (non-hydrogen) atoms. The fraction of sp³-hybridized carbons (Fsp3) is 0.391. The maximum atomic E-state index is 13.5. The Labute approximate surface area is 179 Å². The van der Waals surface area contributed by atoms with Crippen LogP contribution in [0.1, 0.15) is 64.2 Å². The molecule has 162 valence electrons. The largest absolute Gasteiger partial charge is 0.393 e. The molecule has 1 fully saturated rings. The molecule has 0 aliphatic heterocycles. The standard InChI is InChI=1S/C23H24FN3O4/c1-13-17(22(30)21(29)10-14-5-3-4-6-20(14)28)11-19(27(13)2)23(31)26-16-7-8-18(24)15(9-16)12-25/h7-9,11,14,20,28H,3-6,10H2,1-2H3,(H,26,31)/t14-,20+/m1/s1. The van der Waals surface area contributed by atoms with Crippen LogP contribution in [0, 0.1) is 30.0 Å². The number of hydrogen-bond acceptors (Lipinski definition) is 5. The second-order valence-electron chi connectivity index (χ2n) is 7.92. The van der Waals surface area contributed by atoms with E-state index >= 15 is 0 Å². The summed E-state index contributed by atoms with van der Waals surface area (Å²) in [6, 6.07) is 6.69. The number of aromatic nitrogens is 1. The molecule has 7 nitrogen and oxygen atoms in total. The van der Waals surface area contributed by atoms with Crippen molar-refractivity contribution >= 4 is 23.2 Å². The van der Waals surface area contributed by atoms with Crippen molar-refractivity contribution in [2.75, 3.05) is 5.32 Å². The van der Waals surface area contributed by atoms with Gasteiger partial charge in [-0.1, -0.05) is 12.8 Å². The normalized spacial score (nSPS) is 18.3. The Bertz CT molecular complexity index is 1080. The Balaban J connectivity index is 1.77. The van der Waals surface area contributed by atoms with Gasteiger partial charge in [-0.15, -0.1) is 0 Å². The molecule has 1 heterocycles. The third-order valence-corrected chi connectivity index (χ3v) is 5.93. The molecule has 2 N–H and O–H groups in total.